The Kier molecular flexibility index (Phi) is 2.43. The largest absolute Gasteiger partial charge is 0.151 e. The molecule has 2 atom stereocenters. The van der Waals surface area contributed by atoms with Crippen molar-refractivity contribution in [2.45, 2.75) is 51.0 Å². The Morgan fingerprint density at radius 1 is 0.917 bits per heavy atom. The first-order valence-electron chi connectivity index (χ1n) is 5.24. The Morgan fingerprint density at radius 3 is 2.33 bits per heavy atom. The van der Waals surface area contributed by atoms with E-state index in [1.807, 2.05) is 0 Å². The highest BCUT2D eigenvalue weighted by molar-refractivity contribution is 4.88. The van der Waals surface area contributed by atoms with E-state index in [1.54, 1.807) is 0 Å². The third-order valence-electron chi connectivity index (χ3n) is 3.67. The van der Waals surface area contributed by atoms with Crippen LogP contribution in [0.1, 0.15) is 44.9 Å². The molecule has 2 rings (SSSR count). The van der Waals surface area contributed by atoms with E-state index in [0.29, 0.717) is 5.92 Å². The summed E-state index contributed by atoms with van der Waals surface area (Å²) in [6.45, 7) is 0. The highest BCUT2D eigenvalue weighted by Crippen LogP contribution is 2.41. The highest BCUT2D eigenvalue weighted by Gasteiger charge is 2.35. The second-order valence-corrected chi connectivity index (χ2v) is 4.31. The predicted molar refractivity (Wildman–Crippen MR) is 48.9 cm³/mol. The summed E-state index contributed by atoms with van der Waals surface area (Å²) in [7, 11) is 0. The zero-order valence-electron chi connectivity index (χ0n) is 7.54. The predicted octanol–water partition coefficient (Wildman–Crippen LogP) is 3.11. The molecule has 0 N–H and O–H groups in total. The maximum atomic E-state index is 10.5. The van der Waals surface area contributed by atoms with Crippen LogP contribution in [0, 0.1) is 16.7 Å². The Bertz CT molecular complexity index is 163. The molecule has 0 heterocycles. The number of hydrogen-bond donors (Lipinski definition) is 0. The van der Waals surface area contributed by atoms with Gasteiger partial charge in [0.25, 0.3) is 0 Å². The zero-order valence-corrected chi connectivity index (χ0v) is 7.54. The summed E-state index contributed by atoms with van der Waals surface area (Å²) in [5.74, 6) is 1.50. The topological polar surface area (TPSA) is 29.4 Å². The highest BCUT2D eigenvalue weighted by atomic mass is 16.3. The van der Waals surface area contributed by atoms with Gasteiger partial charge in [-0.1, -0.05) is 37.3 Å². The summed E-state index contributed by atoms with van der Waals surface area (Å²) in [6.07, 6.45) is 9.04. The van der Waals surface area contributed by atoms with Crippen LogP contribution < -0.4 is 0 Å². The SMILES string of the molecule is O=NC1CCCC1C1CCCC1. The van der Waals surface area contributed by atoms with Crippen molar-refractivity contribution in [2.24, 2.45) is 17.0 Å². The van der Waals surface area contributed by atoms with Gasteiger partial charge in [0, 0.05) is 0 Å². The molecule has 0 amide bonds. The molecule has 2 fully saturated rings. The molecule has 0 aliphatic heterocycles. The van der Waals surface area contributed by atoms with Crippen molar-refractivity contribution >= 4 is 0 Å². The van der Waals surface area contributed by atoms with Crippen LogP contribution in [-0.4, -0.2) is 6.04 Å². The van der Waals surface area contributed by atoms with Gasteiger partial charge in [0.1, 0.15) is 0 Å². The van der Waals surface area contributed by atoms with E-state index in [9.17, 15) is 4.91 Å². The van der Waals surface area contributed by atoms with E-state index < -0.39 is 0 Å². The monoisotopic (exact) mass is 167 g/mol. The number of hydrogen-bond acceptors (Lipinski definition) is 2. The molecule has 0 aromatic carbocycles. The second-order valence-electron chi connectivity index (χ2n) is 4.31. The zero-order chi connectivity index (χ0) is 8.39. The van der Waals surface area contributed by atoms with Gasteiger partial charge in [-0.3, -0.25) is 0 Å². The fourth-order valence-electron chi connectivity index (χ4n) is 3.04. The third kappa shape index (κ3) is 1.39. The normalized spacial score (nSPS) is 37.3. The van der Waals surface area contributed by atoms with Gasteiger partial charge in [-0.25, -0.2) is 0 Å². The minimum absolute atomic E-state index is 0.174. The Balaban J connectivity index is 1.96. The summed E-state index contributed by atoms with van der Waals surface area (Å²) < 4.78 is 0. The summed E-state index contributed by atoms with van der Waals surface area (Å²) >= 11 is 0. The van der Waals surface area contributed by atoms with E-state index in [0.717, 1.165) is 12.3 Å². The van der Waals surface area contributed by atoms with Crippen LogP contribution in [0.25, 0.3) is 0 Å². The third-order valence-corrected chi connectivity index (χ3v) is 3.67. The quantitative estimate of drug-likeness (QED) is 0.581. The smallest absolute Gasteiger partial charge is 0.0950 e. The fourth-order valence-corrected chi connectivity index (χ4v) is 3.04. The average molecular weight is 167 g/mol. The Morgan fingerprint density at radius 2 is 1.67 bits per heavy atom. The van der Waals surface area contributed by atoms with Crippen LogP contribution in [0.5, 0.6) is 0 Å². The summed E-state index contributed by atoms with van der Waals surface area (Å²) in [5, 5.41) is 3.26. The van der Waals surface area contributed by atoms with Gasteiger partial charge < -0.3 is 0 Å². The standard InChI is InChI=1S/C10H17NO/c12-11-10-7-3-6-9(10)8-4-1-2-5-8/h8-10H,1-7H2. The minimum Gasteiger partial charge on any atom is -0.151 e. The van der Waals surface area contributed by atoms with Gasteiger partial charge in [0.2, 0.25) is 0 Å². The van der Waals surface area contributed by atoms with Crippen LogP contribution in [0.15, 0.2) is 5.18 Å². The molecule has 0 aromatic heterocycles. The molecule has 2 heteroatoms. The Hall–Kier alpha value is -0.400. The lowest BCUT2D eigenvalue weighted by Crippen LogP contribution is -2.18. The van der Waals surface area contributed by atoms with E-state index in [1.165, 1.54) is 38.5 Å². The number of rotatable bonds is 2. The van der Waals surface area contributed by atoms with Gasteiger partial charge in [-0.2, -0.15) is 4.91 Å². The van der Waals surface area contributed by atoms with Gasteiger partial charge in [-0.15, -0.1) is 0 Å². The van der Waals surface area contributed by atoms with E-state index in [4.69, 9.17) is 0 Å². The first-order valence-corrected chi connectivity index (χ1v) is 5.24. The lowest BCUT2D eigenvalue weighted by Gasteiger charge is -2.20. The molecule has 12 heavy (non-hydrogen) atoms. The van der Waals surface area contributed by atoms with Crippen molar-refractivity contribution in [3.63, 3.8) is 0 Å². The second kappa shape index (κ2) is 3.55. The molecular weight excluding hydrogens is 150 g/mol. The van der Waals surface area contributed by atoms with Gasteiger partial charge >= 0.3 is 0 Å². The lowest BCUT2D eigenvalue weighted by molar-refractivity contribution is 0.316. The molecule has 2 nitrogen and oxygen atoms in total. The molecule has 68 valence electrons. The van der Waals surface area contributed by atoms with Crippen molar-refractivity contribution in [3.8, 4) is 0 Å². The first kappa shape index (κ1) is 8.21. The fraction of sp³-hybridized carbons (Fsp3) is 1.00. The van der Waals surface area contributed by atoms with Gasteiger partial charge in [0.05, 0.1) is 6.04 Å². The molecule has 0 bridgehead atoms. The van der Waals surface area contributed by atoms with Crippen LogP contribution in [0.2, 0.25) is 0 Å². The Labute approximate surface area is 73.7 Å². The molecule has 2 aliphatic carbocycles. The van der Waals surface area contributed by atoms with Crippen molar-refractivity contribution in [1.29, 1.82) is 0 Å². The van der Waals surface area contributed by atoms with E-state index in [-0.39, 0.29) is 6.04 Å². The maximum absolute atomic E-state index is 10.5. The average Bonchev–Trinajstić information content (AvgIpc) is 2.74. The van der Waals surface area contributed by atoms with Crippen molar-refractivity contribution in [2.75, 3.05) is 0 Å². The number of nitroso groups, excluding NO2 is 1. The van der Waals surface area contributed by atoms with Crippen LogP contribution in [0.3, 0.4) is 0 Å². The van der Waals surface area contributed by atoms with Crippen LogP contribution in [-0.2, 0) is 0 Å². The lowest BCUT2D eigenvalue weighted by atomic mass is 9.87. The molecule has 2 unspecified atom stereocenters. The van der Waals surface area contributed by atoms with Crippen molar-refractivity contribution in [1.82, 2.24) is 0 Å². The van der Waals surface area contributed by atoms with Gasteiger partial charge in [-0.05, 0) is 24.7 Å². The molecule has 0 aromatic rings. The van der Waals surface area contributed by atoms with Crippen molar-refractivity contribution in [3.05, 3.63) is 4.91 Å². The summed E-state index contributed by atoms with van der Waals surface area (Å²) in [4.78, 5) is 10.5. The van der Waals surface area contributed by atoms with E-state index >= 15 is 0 Å². The number of nitrogens with zero attached hydrogens (tertiary/aromatic N) is 1. The molecule has 0 radical (unpaired) electrons. The molecule has 2 aliphatic rings. The molecule has 0 spiro atoms. The first-order chi connectivity index (χ1) is 5.92. The molecular formula is C10H17NO. The maximum Gasteiger partial charge on any atom is 0.0950 e. The van der Waals surface area contributed by atoms with Crippen molar-refractivity contribution < 1.29 is 0 Å². The van der Waals surface area contributed by atoms with Gasteiger partial charge in [0.15, 0.2) is 0 Å². The van der Waals surface area contributed by atoms with Crippen LogP contribution in [0.4, 0.5) is 0 Å². The summed E-state index contributed by atoms with van der Waals surface area (Å²) in [6, 6.07) is 0.174. The summed E-state index contributed by atoms with van der Waals surface area (Å²) in [5.41, 5.74) is 0. The molecule has 2 saturated carbocycles. The molecule has 0 saturated heterocycles. The van der Waals surface area contributed by atoms with Crippen LogP contribution >= 0.6 is 0 Å². The minimum atomic E-state index is 0.174. The van der Waals surface area contributed by atoms with E-state index in [2.05, 4.69) is 5.18 Å².